The highest BCUT2D eigenvalue weighted by molar-refractivity contribution is 5.77. The highest BCUT2D eigenvalue weighted by Gasteiger charge is 2.60. The minimum atomic E-state index is -3.08. The Labute approximate surface area is 632 Å². The van der Waals surface area contributed by atoms with Crippen LogP contribution < -0.4 is 10.6 Å². The topological polar surface area (TPSA) is 373 Å². The number of nitrogens with one attached hydrogen (secondary N) is 2. The summed E-state index contributed by atoms with van der Waals surface area (Å²) in [6.45, 7) is 2.18. The third-order valence-electron chi connectivity index (χ3n) is 21.7. The largest absolute Gasteiger partial charge is 0.477 e. The summed E-state index contributed by atoms with van der Waals surface area (Å²) < 4.78 is 34.9. The van der Waals surface area contributed by atoms with Gasteiger partial charge in [0.2, 0.25) is 11.8 Å². The molecule has 3 fully saturated rings. The van der Waals surface area contributed by atoms with Crippen LogP contribution in [0.25, 0.3) is 0 Å². The van der Waals surface area contributed by atoms with E-state index in [2.05, 4.69) is 24.5 Å². The third kappa shape index (κ3) is 41.0. The molecule has 14 N–H and O–H groups in total. The van der Waals surface area contributed by atoms with Gasteiger partial charge in [0.1, 0.15) is 67.1 Å². The van der Waals surface area contributed by atoms with Gasteiger partial charge in [0.25, 0.3) is 5.79 Å². The van der Waals surface area contributed by atoms with Crippen molar-refractivity contribution in [1.29, 1.82) is 0 Å². The number of hydrogen-bond acceptors (Lipinski definition) is 20. The first-order chi connectivity index (χ1) is 50.9. The van der Waals surface area contributed by atoms with Crippen LogP contribution in [0.5, 0.6) is 0 Å². The van der Waals surface area contributed by atoms with Crippen LogP contribution in [-0.2, 0) is 42.8 Å². The highest BCUT2D eigenvalue weighted by Crippen LogP contribution is 2.39. The van der Waals surface area contributed by atoms with Crippen molar-refractivity contribution in [3.05, 3.63) is 12.2 Å². The van der Waals surface area contributed by atoms with Gasteiger partial charge in [-0.2, -0.15) is 0 Å². The molecule has 3 rings (SSSR count). The Bertz CT molecular complexity index is 2140. The Balaban J connectivity index is 1.40. The number of aliphatic hydroxyl groups is 11. The van der Waals surface area contributed by atoms with E-state index < -0.39 is 155 Å². The molecule has 3 aliphatic rings. The first-order valence-corrected chi connectivity index (χ1v) is 42.6. The van der Waals surface area contributed by atoms with Gasteiger partial charge in [0, 0.05) is 19.8 Å². The van der Waals surface area contributed by atoms with E-state index in [4.69, 9.17) is 28.4 Å². The summed E-state index contributed by atoms with van der Waals surface area (Å²) >= 11 is 0. The number of unbranched alkanes of at least 4 members (excludes halogenated alkanes) is 48. The molecule has 0 aromatic heterocycles. The smallest absolute Gasteiger partial charge is 0.364 e. The van der Waals surface area contributed by atoms with Gasteiger partial charge < -0.3 is 100 Å². The summed E-state index contributed by atoms with van der Waals surface area (Å²) in [7, 11) is 0. The van der Waals surface area contributed by atoms with Crippen LogP contribution >= 0.6 is 0 Å². The molecule has 3 heterocycles. The van der Waals surface area contributed by atoms with Gasteiger partial charge in [-0.15, -0.1) is 0 Å². The number of hydrogen-bond donors (Lipinski definition) is 14. The number of carbonyl (C=O) groups excluding carboxylic acids is 2. The molecular weight excluding hydrogens is 1350 g/mol. The Kier molecular flexibility index (Phi) is 56.3. The summed E-state index contributed by atoms with van der Waals surface area (Å²) in [5, 5.41) is 136. The van der Waals surface area contributed by atoms with E-state index in [0.717, 1.165) is 51.9 Å². The number of carboxylic acid groups (broad SMARTS) is 1. The molecule has 0 bridgehead atoms. The van der Waals surface area contributed by atoms with Crippen LogP contribution in [0.2, 0.25) is 0 Å². The number of aliphatic hydroxyl groups excluding tert-OH is 11. The Hall–Kier alpha value is -2.53. The second-order valence-corrected chi connectivity index (χ2v) is 31.1. The molecule has 18 unspecified atom stereocenters. The maximum Gasteiger partial charge on any atom is 0.364 e. The zero-order valence-electron chi connectivity index (χ0n) is 65.6. The molecule has 0 aromatic rings. The van der Waals surface area contributed by atoms with Crippen molar-refractivity contribution < 1.29 is 104 Å². The number of carbonyl (C=O) groups is 3. The quantitative estimate of drug-likeness (QED) is 0.0199. The van der Waals surface area contributed by atoms with E-state index in [1.807, 2.05) is 6.08 Å². The van der Waals surface area contributed by atoms with Crippen LogP contribution in [0.3, 0.4) is 0 Å². The fraction of sp³-hybridized carbons (Fsp3) is 0.939. The molecule has 3 aliphatic heterocycles. The number of allylic oxidation sites excluding steroid dienone is 1. The second kappa shape index (κ2) is 61.1. The average Bonchev–Trinajstić information content (AvgIpc) is 0.755. The van der Waals surface area contributed by atoms with E-state index in [1.54, 1.807) is 6.08 Å². The predicted molar refractivity (Wildman–Crippen MR) is 408 cm³/mol. The van der Waals surface area contributed by atoms with Crippen LogP contribution in [0.1, 0.15) is 355 Å². The van der Waals surface area contributed by atoms with E-state index >= 15 is 0 Å². The Morgan fingerprint density at radius 1 is 0.495 bits per heavy atom. The van der Waals surface area contributed by atoms with Crippen molar-refractivity contribution in [2.24, 2.45) is 0 Å². The van der Waals surface area contributed by atoms with E-state index in [9.17, 15) is 75.7 Å². The number of amides is 2. The van der Waals surface area contributed by atoms with Gasteiger partial charge in [-0.05, 0) is 19.3 Å². The van der Waals surface area contributed by atoms with Gasteiger partial charge >= 0.3 is 5.97 Å². The maximum atomic E-state index is 13.5. The number of rotatable bonds is 68. The second-order valence-electron chi connectivity index (χ2n) is 31.1. The molecule has 23 heteroatoms. The minimum Gasteiger partial charge on any atom is -0.477 e. The van der Waals surface area contributed by atoms with Crippen LogP contribution in [-0.4, -0.2) is 215 Å². The molecule has 0 spiro atoms. The molecule has 0 aliphatic carbocycles. The van der Waals surface area contributed by atoms with Gasteiger partial charge in [-0.1, -0.05) is 328 Å². The zero-order chi connectivity index (χ0) is 76.7. The molecule has 0 radical (unpaired) electrons. The summed E-state index contributed by atoms with van der Waals surface area (Å²) in [6.07, 6.45) is 38.7. The lowest BCUT2D eigenvalue weighted by Crippen LogP contribution is -2.70. The first kappa shape index (κ1) is 96.7. The fourth-order valence-corrected chi connectivity index (χ4v) is 15.0. The lowest BCUT2D eigenvalue weighted by Gasteiger charge is -2.50. The normalized spacial score (nSPS) is 26.2. The van der Waals surface area contributed by atoms with Gasteiger partial charge in [-0.3, -0.25) is 9.59 Å². The number of ether oxygens (including phenoxy) is 6. The van der Waals surface area contributed by atoms with Crippen molar-refractivity contribution >= 4 is 17.8 Å². The fourth-order valence-electron chi connectivity index (χ4n) is 15.0. The summed E-state index contributed by atoms with van der Waals surface area (Å²) in [5.41, 5.74) is 0. The Morgan fingerprint density at radius 3 is 1.27 bits per heavy atom. The minimum absolute atomic E-state index is 0.206. The van der Waals surface area contributed by atoms with Crippen molar-refractivity contribution in [2.45, 2.75) is 464 Å². The predicted octanol–water partition coefficient (Wildman–Crippen LogP) is 12.1. The standard InChI is InChI=1S/C82H154N2O21/c1-4-6-8-10-12-14-16-18-20-21-22-23-24-25-26-27-28-29-30-31-32-33-34-35-36-37-38-39-40-41-42-44-46-48-50-52-54-56-69(92)84-63(64(89)55-53-51-49-47-45-43-19-17-15-13-11-9-7-5-2)61-100-79-74(96)73(95)76(68(60-87)102-79)103-80-75(97)78(72(94)67(59-86)101-80)105-82(81(98)99)57-65(90)70(83-62(3)88)77(104-82)71(93)66(91)58-85/h53,55,63-68,70-80,85-87,89-91,93-97H,4-52,54,56-61H2,1-3H3,(H,83,88)(H,84,92)(H,98,99)/b55-53+. The monoisotopic (exact) mass is 1500 g/mol. The van der Waals surface area contributed by atoms with Crippen molar-refractivity contribution in [3.63, 3.8) is 0 Å². The summed E-state index contributed by atoms with van der Waals surface area (Å²) in [4.78, 5) is 38.7. The summed E-state index contributed by atoms with van der Waals surface area (Å²) in [6, 6.07) is -2.62. The van der Waals surface area contributed by atoms with Gasteiger partial charge in [0.05, 0.1) is 50.7 Å². The van der Waals surface area contributed by atoms with E-state index in [-0.39, 0.29) is 12.3 Å². The molecule has 0 aromatic carbocycles. The molecular formula is C82H154N2O21. The van der Waals surface area contributed by atoms with Gasteiger partial charge in [-0.25, -0.2) is 4.79 Å². The van der Waals surface area contributed by atoms with E-state index in [0.29, 0.717) is 12.8 Å². The number of aliphatic carboxylic acids is 1. The molecule has 18 atom stereocenters. The lowest BCUT2D eigenvalue weighted by molar-refractivity contribution is -0.386. The van der Waals surface area contributed by atoms with Crippen LogP contribution in [0.15, 0.2) is 12.2 Å². The lowest BCUT2D eigenvalue weighted by atomic mass is 9.88. The van der Waals surface area contributed by atoms with Crippen molar-refractivity contribution in [3.8, 4) is 0 Å². The maximum absolute atomic E-state index is 13.5. The van der Waals surface area contributed by atoms with E-state index in [1.165, 1.54) is 263 Å². The Morgan fingerprint density at radius 2 is 0.886 bits per heavy atom. The molecule has 618 valence electrons. The molecule has 3 saturated heterocycles. The third-order valence-corrected chi connectivity index (χ3v) is 21.7. The molecule has 0 saturated carbocycles. The molecule has 2 amide bonds. The zero-order valence-corrected chi connectivity index (χ0v) is 65.6. The van der Waals surface area contributed by atoms with Gasteiger partial charge in [0.15, 0.2) is 12.6 Å². The average molecular weight is 1500 g/mol. The highest BCUT2D eigenvalue weighted by atomic mass is 16.8. The summed E-state index contributed by atoms with van der Waals surface area (Å²) in [5.74, 6) is -6.13. The SMILES string of the molecule is CCCCCCCCCCCCCC/C=C/C(O)C(COC1OC(CO)C(OC2OC(CO)C(O)C(OC3(C(=O)O)CC(O)C(NC(C)=O)C(C(O)C(O)CO)O3)C2O)C(O)C1O)NC(=O)CCCCCCCCCCCCCCCCCCCCCCCCCCCCCCCCCCCCCCC. The molecule has 23 nitrogen and oxygen atoms in total. The molecule has 105 heavy (non-hydrogen) atoms. The first-order valence-electron chi connectivity index (χ1n) is 42.6. The number of carboxylic acids is 1. The van der Waals surface area contributed by atoms with Crippen molar-refractivity contribution in [2.75, 3.05) is 26.4 Å². The van der Waals surface area contributed by atoms with Crippen molar-refractivity contribution in [1.82, 2.24) is 10.6 Å². The van der Waals surface area contributed by atoms with Crippen LogP contribution in [0.4, 0.5) is 0 Å². The van der Waals surface area contributed by atoms with Crippen LogP contribution in [0, 0.1) is 0 Å².